The summed E-state index contributed by atoms with van der Waals surface area (Å²) in [5, 5.41) is 10.5. The highest BCUT2D eigenvalue weighted by atomic mass is 16.5. The van der Waals surface area contributed by atoms with Crippen LogP contribution in [0.3, 0.4) is 0 Å². The van der Waals surface area contributed by atoms with Crippen LogP contribution in [-0.2, 0) is 9.53 Å². The minimum atomic E-state index is -1.12. The molecule has 0 aromatic rings. The van der Waals surface area contributed by atoms with Gasteiger partial charge in [-0.2, -0.15) is 0 Å². The van der Waals surface area contributed by atoms with Crippen molar-refractivity contribution in [3.8, 4) is 0 Å². The Balaban J connectivity index is 2.29. The molecule has 0 unspecified atom stereocenters. The Morgan fingerprint density at radius 3 is 2.43 bits per heavy atom. The monoisotopic (exact) mass is 200 g/mol. The molecule has 0 radical (unpaired) electrons. The first kappa shape index (κ1) is 10.8. The number of carboxylic acid groups (broad SMARTS) is 1. The molecule has 1 amide bonds. The number of nitrogens with zero attached hydrogens (tertiary/aromatic N) is 1. The van der Waals surface area contributed by atoms with E-state index in [1.54, 1.807) is 0 Å². The van der Waals surface area contributed by atoms with Crippen LogP contribution in [0.2, 0.25) is 0 Å². The standard InChI is InChI=1S/C9H15NO4/c1-14-8(11)6-7-2-4-10(5-3-7)9(12)13/h7H,2-6H2,1H3,(H,12,13)/p-1. The lowest BCUT2D eigenvalue weighted by Crippen LogP contribution is -2.45. The van der Waals surface area contributed by atoms with Crippen molar-refractivity contribution in [2.45, 2.75) is 19.3 Å². The van der Waals surface area contributed by atoms with Crippen molar-refractivity contribution in [1.29, 1.82) is 0 Å². The van der Waals surface area contributed by atoms with E-state index in [1.807, 2.05) is 0 Å². The van der Waals surface area contributed by atoms with E-state index < -0.39 is 6.09 Å². The highest BCUT2D eigenvalue weighted by Crippen LogP contribution is 2.20. The average Bonchev–Trinajstić information content (AvgIpc) is 2.18. The summed E-state index contributed by atoms with van der Waals surface area (Å²) in [5.74, 6) is 0.0231. The van der Waals surface area contributed by atoms with Crippen molar-refractivity contribution in [3.63, 3.8) is 0 Å². The van der Waals surface area contributed by atoms with Gasteiger partial charge in [0.15, 0.2) is 0 Å². The quantitative estimate of drug-likeness (QED) is 0.569. The molecule has 0 atom stereocenters. The number of amides is 1. The van der Waals surface area contributed by atoms with Gasteiger partial charge in [-0.05, 0) is 18.8 Å². The summed E-state index contributed by atoms with van der Waals surface area (Å²) in [6.07, 6.45) is 0.685. The van der Waals surface area contributed by atoms with Crippen LogP contribution in [0, 0.1) is 5.92 Å². The molecule has 5 nitrogen and oxygen atoms in total. The smallest absolute Gasteiger partial charge is 0.305 e. The Kier molecular flexibility index (Phi) is 3.73. The molecule has 0 aromatic heterocycles. The Labute approximate surface area is 82.6 Å². The first-order valence-corrected chi connectivity index (χ1v) is 4.66. The Morgan fingerprint density at radius 1 is 1.43 bits per heavy atom. The van der Waals surface area contributed by atoms with Gasteiger partial charge in [-0.25, -0.2) is 0 Å². The number of piperidine rings is 1. The van der Waals surface area contributed by atoms with Crippen molar-refractivity contribution < 1.29 is 19.4 Å². The van der Waals surface area contributed by atoms with Crippen LogP contribution in [0.1, 0.15) is 19.3 Å². The van der Waals surface area contributed by atoms with Crippen molar-refractivity contribution in [3.05, 3.63) is 0 Å². The van der Waals surface area contributed by atoms with E-state index in [2.05, 4.69) is 4.74 Å². The van der Waals surface area contributed by atoms with Gasteiger partial charge in [-0.3, -0.25) is 4.79 Å². The van der Waals surface area contributed by atoms with Crippen LogP contribution in [-0.4, -0.2) is 37.2 Å². The SMILES string of the molecule is COC(=O)CC1CCN(C(=O)[O-])CC1. The minimum absolute atomic E-state index is 0.225. The fourth-order valence-corrected chi connectivity index (χ4v) is 1.64. The molecule has 0 spiro atoms. The van der Waals surface area contributed by atoms with Crippen LogP contribution in [0.4, 0.5) is 4.79 Å². The maximum Gasteiger partial charge on any atom is 0.305 e. The predicted molar refractivity (Wildman–Crippen MR) is 46.3 cm³/mol. The van der Waals surface area contributed by atoms with Crippen LogP contribution in [0.5, 0.6) is 0 Å². The molecule has 0 aromatic carbocycles. The Hall–Kier alpha value is -1.26. The number of methoxy groups -OCH3 is 1. The van der Waals surface area contributed by atoms with E-state index in [9.17, 15) is 14.7 Å². The van der Waals surface area contributed by atoms with Crippen LogP contribution < -0.4 is 5.11 Å². The second kappa shape index (κ2) is 4.83. The molecular weight excluding hydrogens is 186 g/mol. The molecule has 0 aliphatic carbocycles. The van der Waals surface area contributed by atoms with E-state index in [-0.39, 0.29) is 11.9 Å². The van der Waals surface area contributed by atoms with Gasteiger partial charge in [-0.1, -0.05) is 0 Å². The fourth-order valence-electron chi connectivity index (χ4n) is 1.64. The molecule has 0 saturated carbocycles. The van der Waals surface area contributed by atoms with Gasteiger partial charge in [0.2, 0.25) is 0 Å². The summed E-state index contributed by atoms with van der Waals surface area (Å²) in [4.78, 5) is 22.7. The van der Waals surface area contributed by atoms with Crippen molar-refractivity contribution in [2.75, 3.05) is 20.2 Å². The molecule has 0 bridgehead atoms. The Bertz CT molecular complexity index is 221. The van der Waals surface area contributed by atoms with Gasteiger partial charge in [0.05, 0.1) is 7.11 Å². The highest BCUT2D eigenvalue weighted by Gasteiger charge is 2.21. The summed E-state index contributed by atoms with van der Waals surface area (Å²) in [6.45, 7) is 0.925. The number of hydrogen-bond donors (Lipinski definition) is 0. The zero-order valence-electron chi connectivity index (χ0n) is 8.19. The zero-order chi connectivity index (χ0) is 10.6. The maximum absolute atomic E-state index is 10.9. The molecule has 1 rings (SSSR count). The third-order valence-corrected chi connectivity index (χ3v) is 2.56. The Morgan fingerprint density at radius 2 is 2.00 bits per heavy atom. The molecule has 1 heterocycles. The largest absolute Gasteiger partial charge is 0.530 e. The lowest BCUT2D eigenvalue weighted by molar-refractivity contribution is -0.266. The number of carbonyl (C=O) groups excluding carboxylic acids is 2. The predicted octanol–water partition coefficient (Wildman–Crippen LogP) is -0.395. The normalized spacial score (nSPS) is 17.9. The first-order valence-electron chi connectivity index (χ1n) is 4.66. The zero-order valence-corrected chi connectivity index (χ0v) is 8.19. The van der Waals surface area contributed by atoms with Gasteiger partial charge in [0.1, 0.15) is 6.09 Å². The number of ether oxygens (including phenoxy) is 1. The number of carbonyl (C=O) groups is 2. The fraction of sp³-hybridized carbons (Fsp3) is 0.778. The molecule has 1 aliphatic rings. The molecule has 0 N–H and O–H groups in total. The van der Waals surface area contributed by atoms with Crippen molar-refractivity contribution in [1.82, 2.24) is 4.90 Å². The summed E-state index contributed by atoms with van der Waals surface area (Å²) < 4.78 is 4.55. The number of likely N-dealkylation sites (tertiary alicyclic amines) is 1. The number of rotatable bonds is 2. The molecule has 1 saturated heterocycles. The first-order chi connectivity index (χ1) is 6.63. The van der Waals surface area contributed by atoms with Gasteiger partial charge in [0.25, 0.3) is 0 Å². The van der Waals surface area contributed by atoms with Crippen molar-refractivity contribution in [2.24, 2.45) is 5.92 Å². The van der Waals surface area contributed by atoms with E-state index in [0.29, 0.717) is 32.4 Å². The number of esters is 1. The molecule has 14 heavy (non-hydrogen) atoms. The third-order valence-electron chi connectivity index (χ3n) is 2.56. The summed E-state index contributed by atoms with van der Waals surface area (Å²) in [7, 11) is 1.36. The summed E-state index contributed by atoms with van der Waals surface area (Å²) in [5.41, 5.74) is 0. The topological polar surface area (TPSA) is 69.7 Å². The van der Waals surface area contributed by atoms with Gasteiger partial charge >= 0.3 is 5.97 Å². The molecule has 5 heteroatoms. The summed E-state index contributed by atoms with van der Waals surface area (Å²) >= 11 is 0. The lowest BCUT2D eigenvalue weighted by atomic mass is 9.94. The average molecular weight is 200 g/mol. The lowest BCUT2D eigenvalue weighted by Gasteiger charge is -2.33. The molecule has 80 valence electrons. The minimum Gasteiger partial charge on any atom is -0.530 e. The third kappa shape index (κ3) is 2.90. The summed E-state index contributed by atoms with van der Waals surface area (Å²) in [6, 6.07) is 0. The van der Waals surface area contributed by atoms with E-state index in [0.717, 1.165) is 0 Å². The van der Waals surface area contributed by atoms with Crippen LogP contribution in [0.25, 0.3) is 0 Å². The second-order valence-electron chi connectivity index (χ2n) is 3.48. The maximum atomic E-state index is 10.9. The van der Waals surface area contributed by atoms with Crippen LogP contribution in [0.15, 0.2) is 0 Å². The number of hydrogen-bond acceptors (Lipinski definition) is 4. The van der Waals surface area contributed by atoms with E-state index in [4.69, 9.17) is 0 Å². The van der Waals surface area contributed by atoms with E-state index in [1.165, 1.54) is 12.0 Å². The van der Waals surface area contributed by atoms with Crippen molar-refractivity contribution >= 4 is 12.1 Å². The van der Waals surface area contributed by atoms with Gasteiger partial charge < -0.3 is 19.5 Å². The molecular formula is C9H14NO4-. The van der Waals surface area contributed by atoms with Gasteiger partial charge in [0, 0.05) is 19.5 Å². The molecule has 1 aliphatic heterocycles. The van der Waals surface area contributed by atoms with Gasteiger partial charge in [-0.15, -0.1) is 0 Å². The second-order valence-corrected chi connectivity index (χ2v) is 3.48. The van der Waals surface area contributed by atoms with E-state index >= 15 is 0 Å². The van der Waals surface area contributed by atoms with Crippen LogP contribution >= 0.6 is 0 Å². The molecule has 1 fully saturated rings. The highest BCUT2D eigenvalue weighted by molar-refractivity contribution is 5.69.